The normalized spacial score (nSPS) is 17.7. The van der Waals surface area contributed by atoms with E-state index in [-0.39, 0.29) is 11.7 Å². The number of carbonyl (C=O) groups excluding carboxylic acids is 1. The molecular weight excluding hydrogens is 329 g/mol. The lowest BCUT2D eigenvalue weighted by Gasteiger charge is -2.29. The first-order valence-electron chi connectivity index (χ1n) is 8.25. The van der Waals surface area contributed by atoms with Gasteiger partial charge < -0.3 is 5.32 Å². The van der Waals surface area contributed by atoms with Crippen LogP contribution in [0.1, 0.15) is 36.9 Å². The maximum atomic E-state index is 13.7. The van der Waals surface area contributed by atoms with Crippen molar-refractivity contribution in [1.82, 2.24) is 5.32 Å². The standard InChI is InChI=1S/C19H19F3N2O/c1-11(19(25)24-16-10-9-14(20)17(21)18(16)22)23-15-8-4-6-12-5-2-3-7-13(12)15/h2-3,5,7,9-11,15,23H,4,6,8H2,1H3,(H,24,25)/t11-,15-/m0/s1. The van der Waals surface area contributed by atoms with Crippen LogP contribution in [0.3, 0.4) is 0 Å². The van der Waals surface area contributed by atoms with Gasteiger partial charge in [0.1, 0.15) is 0 Å². The SMILES string of the molecule is C[C@H](N[C@H]1CCCc2ccccc21)C(=O)Nc1ccc(F)c(F)c1F. The first-order valence-corrected chi connectivity index (χ1v) is 8.25. The van der Waals surface area contributed by atoms with Crippen molar-refractivity contribution >= 4 is 11.6 Å². The van der Waals surface area contributed by atoms with Gasteiger partial charge in [0.2, 0.25) is 5.91 Å². The largest absolute Gasteiger partial charge is 0.322 e. The Morgan fingerprint density at radius 2 is 1.88 bits per heavy atom. The fourth-order valence-electron chi connectivity index (χ4n) is 3.17. The van der Waals surface area contributed by atoms with Crippen LogP contribution >= 0.6 is 0 Å². The molecule has 1 aliphatic carbocycles. The van der Waals surface area contributed by atoms with Crippen molar-refractivity contribution in [2.45, 2.75) is 38.3 Å². The van der Waals surface area contributed by atoms with Crippen LogP contribution in [0.4, 0.5) is 18.9 Å². The lowest BCUT2D eigenvalue weighted by atomic mass is 9.87. The average molecular weight is 348 g/mol. The van der Waals surface area contributed by atoms with E-state index in [2.05, 4.69) is 16.7 Å². The Morgan fingerprint density at radius 3 is 2.68 bits per heavy atom. The van der Waals surface area contributed by atoms with Crippen molar-refractivity contribution in [3.63, 3.8) is 0 Å². The molecule has 25 heavy (non-hydrogen) atoms. The summed E-state index contributed by atoms with van der Waals surface area (Å²) in [6.45, 7) is 1.66. The number of aryl methyl sites for hydroxylation is 1. The van der Waals surface area contributed by atoms with Gasteiger partial charge in [-0.05, 0) is 49.4 Å². The van der Waals surface area contributed by atoms with Crippen molar-refractivity contribution in [1.29, 1.82) is 0 Å². The molecule has 3 rings (SSSR count). The second-order valence-electron chi connectivity index (χ2n) is 6.24. The van der Waals surface area contributed by atoms with Gasteiger partial charge >= 0.3 is 0 Å². The molecule has 0 aliphatic heterocycles. The van der Waals surface area contributed by atoms with Crippen molar-refractivity contribution in [3.8, 4) is 0 Å². The Labute approximate surface area is 144 Å². The first-order chi connectivity index (χ1) is 12.0. The molecule has 0 heterocycles. The van der Waals surface area contributed by atoms with Crippen LogP contribution in [-0.2, 0) is 11.2 Å². The van der Waals surface area contributed by atoms with Crippen LogP contribution in [0.2, 0.25) is 0 Å². The topological polar surface area (TPSA) is 41.1 Å². The van der Waals surface area contributed by atoms with E-state index in [1.807, 2.05) is 18.2 Å². The van der Waals surface area contributed by atoms with Gasteiger partial charge in [-0.25, -0.2) is 13.2 Å². The highest BCUT2D eigenvalue weighted by Gasteiger charge is 2.24. The fraction of sp³-hybridized carbons (Fsp3) is 0.316. The molecule has 0 bridgehead atoms. The summed E-state index contributed by atoms with van der Waals surface area (Å²) in [6.07, 6.45) is 2.92. The minimum absolute atomic E-state index is 0.0282. The lowest BCUT2D eigenvalue weighted by Crippen LogP contribution is -2.41. The predicted molar refractivity (Wildman–Crippen MR) is 89.7 cm³/mol. The summed E-state index contributed by atoms with van der Waals surface area (Å²) in [4.78, 5) is 12.3. The van der Waals surface area contributed by atoms with Crippen LogP contribution in [0.15, 0.2) is 36.4 Å². The highest BCUT2D eigenvalue weighted by atomic mass is 19.2. The van der Waals surface area contributed by atoms with Gasteiger partial charge in [0.15, 0.2) is 17.5 Å². The quantitative estimate of drug-likeness (QED) is 0.817. The third-order valence-electron chi connectivity index (χ3n) is 4.51. The Morgan fingerprint density at radius 1 is 1.12 bits per heavy atom. The number of halogens is 3. The first kappa shape index (κ1) is 17.5. The smallest absolute Gasteiger partial charge is 0.241 e. The van der Waals surface area contributed by atoms with Gasteiger partial charge in [0, 0.05) is 6.04 Å². The molecule has 132 valence electrons. The predicted octanol–water partition coefficient (Wildman–Crippen LogP) is 4.10. The second-order valence-corrected chi connectivity index (χ2v) is 6.24. The van der Waals surface area contributed by atoms with Crippen molar-refractivity contribution in [2.24, 2.45) is 0 Å². The van der Waals surface area contributed by atoms with E-state index < -0.39 is 29.4 Å². The molecule has 6 heteroatoms. The molecule has 0 radical (unpaired) electrons. The Balaban J connectivity index is 1.69. The van der Waals surface area contributed by atoms with Gasteiger partial charge in [-0.3, -0.25) is 10.1 Å². The number of fused-ring (bicyclic) bond motifs is 1. The third-order valence-corrected chi connectivity index (χ3v) is 4.51. The number of benzene rings is 2. The highest BCUT2D eigenvalue weighted by Crippen LogP contribution is 2.30. The molecule has 0 spiro atoms. The van der Waals surface area contributed by atoms with Crippen LogP contribution in [0.5, 0.6) is 0 Å². The molecule has 0 aromatic heterocycles. The van der Waals surface area contributed by atoms with E-state index in [0.29, 0.717) is 0 Å². The number of rotatable bonds is 4. The fourth-order valence-corrected chi connectivity index (χ4v) is 3.17. The summed E-state index contributed by atoms with van der Waals surface area (Å²) in [5.41, 5.74) is 2.04. The van der Waals surface area contributed by atoms with E-state index in [4.69, 9.17) is 0 Å². The summed E-state index contributed by atoms with van der Waals surface area (Å²) in [7, 11) is 0. The van der Waals surface area contributed by atoms with Gasteiger partial charge in [-0.1, -0.05) is 24.3 Å². The number of hydrogen-bond acceptors (Lipinski definition) is 2. The molecule has 0 saturated carbocycles. The zero-order chi connectivity index (χ0) is 18.0. The van der Waals surface area contributed by atoms with E-state index in [1.165, 1.54) is 5.56 Å². The summed E-state index contributed by atoms with van der Waals surface area (Å²) in [6, 6.07) is 9.25. The van der Waals surface area contributed by atoms with E-state index in [0.717, 1.165) is 37.0 Å². The van der Waals surface area contributed by atoms with Gasteiger partial charge in [-0.15, -0.1) is 0 Å². The molecule has 0 unspecified atom stereocenters. The molecule has 3 nitrogen and oxygen atoms in total. The van der Waals surface area contributed by atoms with E-state index >= 15 is 0 Å². The average Bonchev–Trinajstić information content (AvgIpc) is 2.62. The highest BCUT2D eigenvalue weighted by molar-refractivity contribution is 5.94. The molecular formula is C19H19F3N2O. The second kappa shape index (κ2) is 7.27. The molecule has 1 aliphatic rings. The number of carbonyl (C=O) groups is 1. The molecule has 2 atom stereocenters. The van der Waals surface area contributed by atoms with Crippen LogP contribution in [0.25, 0.3) is 0 Å². The van der Waals surface area contributed by atoms with E-state index in [9.17, 15) is 18.0 Å². The Kier molecular flexibility index (Phi) is 5.08. The van der Waals surface area contributed by atoms with Gasteiger partial charge in [-0.2, -0.15) is 0 Å². The molecule has 2 aromatic carbocycles. The van der Waals surface area contributed by atoms with Crippen molar-refractivity contribution < 1.29 is 18.0 Å². The third kappa shape index (κ3) is 3.69. The number of nitrogens with one attached hydrogen (secondary N) is 2. The maximum Gasteiger partial charge on any atom is 0.241 e. The zero-order valence-electron chi connectivity index (χ0n) is 13.8. The van der Waals surface area contributed by atoms with Crippen LogP contribution in [-0.4, -0.2) is 11.9 Å². The molecule has 2 aromatic rings. The minimum Gasteiger partial charge on any atom is -0.322 e. The molecule has 2 N–H and O–H groups in total. The summed E-state index contributed by atoms with van der Waals surface area (Å²) in [5.74, 6) is -4.79. The number of anilines is 1. The zero-order valence-corrected chi connectivity index (χ0v) is 13.8. The monoisotopic (exact) mass is 348 g/mol. The summed E-state index contributed by atoms with van der Waals surface area (Å²) >= 11 is 0. The van der Waals surface area contributed by atoms with Gasteiger partial charge in [0.25, 0.3) is 0 Å². The van der Waals surface area contributed by atoms with Crippen molar-refractivity contribution in [2.75, 3.05) is 5.32 Å². The molecule has 0 saturated heterocycles. The van der Waals surface area contributed by atoms with Crippen LogP contribution in [0, 0.1) is 17.5 Å². The Bertz CT molecular complexity index is 794. The maximum absolute atomic E-state index is 13.7. The van der Waals surface area contributed by atoms with Crippen LogP contribution < -0.4 is 10.6 Å². The number of hydrogen-bond donors (Lipinski definition) is 2. The van der Waals surface area contributed by atoms with Gasteiger partial charge in [0.05, 0.1) is 11.7 Å². The summed E-state index contributed by atoms with van der Waals surface area (Å²) in [5, 5.41) is 5.55. The molecule has 0 fully saturated rings. The minimum atomic E-state index is -1.60. The van der Waals surface area contributed by atoms with E-state index in [1.54, 1.807) is 6.92 Å². The number of amides is 1. The lowest BCUT2D eigenvalue weighted by molar-refractivity contribution is -0.118. The summed E-state index contributed by atoms with van der Waals surface area (Å²) < 4.78 is 39.9. The van der Waals surface area contributed by atoms with Crippen molar-refractivity contribution in [3.05, 3.63) is 65.0 Å². The molecule has 1 amide bonds. The Hall–Kier alpha value is -2.34.